The van der Waals surface area contributed by atoms with Crippen molar-refractivity contribution in [3.63, 3.8) is 0 Å². The molecule has 0 unspecified atom stereocenters. The van der Waals surface area contributed by atoms with Crippen LogP contribution in [0.15, 0.2) is 39.2 Å². The van der Waals surface area contributed by atoms with E-state index in [-0.39, 0.29) is 23.3 Å². The van der Waals surface area contributed by atoms with E-state index in [0.717, 1.165) is 21.2 Å². The van der Waals surface area contributed by atoms with E-state index >= 15 is 0 Å². The number of hydrogen-bond donors (Lipinski definition) is 1. The summed E-state index contributed by atoms with van der Waals surface area (Å²) in [5, 5.41) is 5.04. The first-order chi connectivity index (χ1) is 12.6. The number of carbonyl (C=O) groups excluding carboxylic acids is 2. The number of nitrogens with zero attached hydrogens (tertiary/aromatic N) is 3. The van der Waals surface area contributed by atoms with Gasteiger partial charge in [0, 0.05) is 22.6 Å². The van der Waals surface area contributed by atoms with Crippen LogP contribution in [0.1, 0.15) is 6.92 Å². The fourth-order valence-electron chi connectivity index (χ4n) is 2.25. The molecule has 2 aromatic heterocycles. The van der Waals surface area contributed by atoms with Gasteiger partial charge in [-0.1, -0.05) is 27.3 Å². The minimum atomic E-state index is -0.245. The van der Waals surface area contributed by atoms with Crippen LogP contribution in [0.2, 0.25) is 0 Å². The third kappa shape index (κ3) is 4.81. The molecule has 0 aliphatic rings. The first-order valence-electron chi connectivity index (χ1n) is 7.70. The van der Waals surface area contributed by atoms with Gasteiger partial charge >= 0.3 is 0 Å². The largest absolute Gasteiger partial charge is 0.317 e. The first kappa shape index (κ1) is 19.3. The van der Waals surface area contributed by atoms with Crippen LogP contribution in [0.4, 0.5) is 5.13 Å². The molecule has 0 fully saturated rings. The molecule has 10 heteroatoms. The molecule has 2 amide bonds. The summed E-state index contributed by atoms with van der Waals surface area (Å²) in [6.07, 6.45) is 1.63. The molecule has 0 spiro atoms. The topological polar surface area (TPSA) is 76.3 Å². The molecule has 3 aromatic rings. The Morgan fingerprint density at radius 3 is 2.96 bits per heavy atom. The van der Waals surface area contributed by atoms with E-state index in [1.54, 1.807) is 11.6 Å². The van der Waals surface area contributed by atoms with E-state index in [0.29, 0.717) is 9.93 Å². The molecule has 2 heterocycles. The van der Waals surface area contributed by atoms with Crippen molar-refractivity contribution in [1.82, 2.24) is 9.55 Å². The fraction of sp³-hybridized carbons (Fsp3) is 0.250. The predicted molar refractivity (Wildman–Crippen MR) is 112 cm³/mol. The van der Waals surface area contributed by atoms with Gasteiger partial charge in [-0.3, -0.25) is 9.59 Å². The molecule has 0 aliphatic heterocycles. The van der Waals surface area contributed by atoms with Crippen LogP contribution in [0.5, 0.6) is 0 Å². The molecule has 0 bridgehead atoms. The summed E-state index contributed by atoms with van der Waals surface area (Å²) in [7, 11) is 0. The van der Waals surface area contributed by atoms with Gasteiger partial charge in [-0.2, -0.15) is 4.99 Å². The number of thiazole rings is 2. The Balaban J connectivity index is 1.63. The zero-order chi connectivity index (χ0) is 18.5. The molecule has 6 nitrogen and oxygen atoms in total. The summed E-state index contributed by atoms with van der Waals surface area (Å²) in [6.45, 7) is 2.76. The number of hydrogen-bond acceptors (Lipinski definition) is 6. The average Bonchev–Trinajstić information content (AvgIpc) is 3.21. The second-order valence-electron chi connectivity index (χ2n) is 5.12. The number of halogens is 1. The second kappa shape index (κ2) is 8.94. The van der Waals surface area contributed by atoms with E-state index in [1.807, 2.05) is 29.7 Å². The van der Waals surface area contributed by atoms with Gasteiger partial charge in [-0.05, 0) is 25.1 Å². The van der Waals surface area contributed by atoms with Crippen LogP contribution in [0, 0.1) is 0 Å². The van der Waals surface area contributed by atoms with Gasteiger partial charge in [-0.25, -0.2) is 4.98 Å². The van der Waals surface area contributed by atoms with Crippen LogP contribution < -0.4 is 10.1 Å². The van der Waals surface area contributed by atoms with Gasteiger partial charge in [0.2, 0.25) is 5.91 Å². The third-order valence-electron chi connectivity index (χ3n) is 3.32. The van der Waals surface area contributed by atoms with Gasteiger partial charge in [-0.15, -0.1) is 23.1 Å². The van der Waals surface area contributed by atoms with Gasteiger partial charge in [0.25, 0.3) is 5.91 Å². The summed E-state index contributed by atoms with van der Waals surface area (Å²) in [6, 6.07) is 6.01. The Bertz CT molecular complexity index is 995. The minimum Gasteiger partial charge on any atom is -0.317 e. The van der Waals surface area contributed by atoms with Crippen molar-refractivity contribution in [3.8, 4) is 0 Å². The summed E-state index contributed by atoms with van der Waals surface area (Å²) >= 11 is 7.55. The van der Waals surface area contributed by atoms with E-state index in [4.69, 9.17) is 0 Å². The SMILES string of the molecule is CCn1c(=NC(=O)CSCC(=O)Nc2nccs2)sc2cc(Br)ccc21. The normalized spacial score (nSPS) is 11.8. The van der Waals surface area contributed by atoms with Crippen molar-refractivity contribution in [1.29, 1.82) is 0 Å². The van der Waals surface area contributed by atoms with Crippen molar-refractivity contribution in [2.75, 3.05) is 16.8 Å². The lowest BCUT2D eigenvalue weighted by Gasteiger charge is -2.01. The molecule has 26 heavy (non-hydrogen) atoms. The quantitative estimate of drug-likeness (QED) is 0.594. The van der Waals surface area contributed by atoms with E-state index in [9.17, 15) is 9.59 Å². The number of amides is 2. The van der Waals surface area contributed by atoms with Crippen molar-refractivity contribution >= 4 is 77.5 Å². The van der Waals surface area contributed by atoms with Crippen molar-refractivity contribution in [3.05, 3.63) is 39.1 Å². The van der Waals surface area contributed by atoms with Crippen LogP contribution in [0.25, 0.3) is 10.2 Å². The molecule has 3 rings (SSSR count). The molecule has 0 aliphatic carbocycles. The van der Waals surface area contributed by atoms with Gasteiger partial charge < -0.3 is 9.88 Å². The van der Waals surface area contributed by atoms with Gasteiger partial charge in [0.05, 0.1) is 21.7 Å². The van der Waals surface area contributed by atoms with Crippen molar-refractivity contribution < 1.29 is 9.59 Å². The number of nitrogens with one attached hydrogen (secondary N) is 1. The molecule has 0 saturated heterocycles. The molecule has 1 N–H and O–H groups in total. The number of anilines is 1. The van der Waals surface area contributed by atoms with E-state index in [2.05, 4.69) is 31.2 Å². The van der Waals surface area contributed by atoms with Crippen molar-refractivity contribution in [2.45, 2.75) is 13.5 Å². The Kier molecular flexibility index (Phi) is 6.63. The Morgan fingerprint density at radius 2 is 2.23 bits per heavy atom. The summed E-state index contributed by atoms with van der Waals surface area (Å²) < 4.78 is 4.09. The number of aromatic nitrogens is 2. The number of aryl methyl sites for hydroxylation is 1. The maximum absolute atomic E-state index is 12.2. The van der Waals surface area contributed by atoms with Crippen LogP contribution in [-0.2, 0) is 16.1 Å². The van der Waals surface area contributed by atoms with E-state index in [1.165, 1.54) is 34.4 Å². The van der Waals surface area contributed by atoms with Crippen molar-refractivity contribution in [2.24, 2.45) is 4.99 Å². The Hall–Kier alpha value is -1.49. The minimum absolute atomic E-state index is 0.160. The van der Waals surface area contributed by atoms with E-state index < -0.39 is 0 Å². The van der Waals surface area contributed by atoms with Crippen LogP contribution >= 0.6 is 50.4 Å². The summed E-state index contributed by atoms with van der Waals surface area (Å²) in [5.41, 5.74) is 1.06. The standard InChI is InChI=1S/C16H15BrN4O2S3/c1-2-21-11-4-3-10(17)7-12(11)26-16(21)20-14(23)9-24-8-13(22)19-15-18-5-6-25-15/h3-7H,2,8-9H2,1H3,(H,18,19,22). The molecular formula is C16H15BrN4O2S3. The van der Waals surface area contributed by atoms with Gasteiger partial charge in [0.15, 0.2) is 9.93 Å². The number of thioether (sulfide) groups is 1. The highest BCUT2D eigenvalue weighted by Crippen LogP contribution is 2.22. The zero-order valence-corrected chi connectivity index (χ0v) is 17.8. The highest BCUT2D eigenvalue weighted by Gasteiger charge is 2.09. The Labute approximate surface area is 170 Å². The summed E-state index contributed by atoms with van der Waals surface area (Å²) in [4.78, 5) is 32.9. The number of benzene rings is 1. The third-order valence-corrected chi connectivity index (χ3v) is 6.46. The lowest BCUT2D eigenvalue weighted by Crippen LogP contribution is -2.18. The second-order valence-corrected chi connectivity index (χ2v) is 8.93. The maximum Gasteiger partial charge on any atom is 0.258 e. The Morgan fingerprint density at radius 1 is 1.38 bits per heavy atom. The van der Waals surface area contributed by atoms with Crippen LogP contribution in [0.3, 0.4) is 0 Å². The number of carbonyl (C=O) groups is 2. The maximum atomic E-state index is 12.2. The molecule has 1 aromatic carbocycles. The fourth-order valence-corrected chi connectivity index (χ4v) is 5.06. The molecule has 136 valence electrons. The van der Waals surface area contributed by atoms with Gasteiger partial charge in [0.1, 0.15) is 0 Å². The lowest BCUT2D eigenvalue weighted by atomic mass is 10.3. The molecule has 0 saturated carbocycles. The smallest absolute Gasteiger partial charge is 0.258 e. The summed E-state index contributed by atoms with van der Waals surface area (Å²) in [5.74, 6) is -0.0704. The number of rotatable bonds is 6. The first-order valence-corrected chi connectivity index (χ1v) is 11.3. The highest BCUT2D eigenvalue weighted by molar-refractivity contribution is 9.10. The monoisotopic (exact) mass is 470 g/mol. The average molecular weight is 471 g/mol. The number of fused-ring (bicyclic) bond motifs is 1. The lowest BCUT2D eigenvalue weighted by molar-refractivity contribution is -0.115. The molecule has 0 radical (unpaired) electrons. The van der Waals surface area contributed by atoms with Crippen LogP contribution in [-0.4, -0.2) is 32.9 Å². The zero-order valence-electron chi connectivity index (χ0n) is 13.8. The highest BCUT2D eigenvalue weighted by atomic mass is 79.9. The molecular weight excluding hydrogens is 456 g/mol. The molecule has 0 atom stereocenters. The predicted octanol–water partition coefficient (Wildman–Crippen LogP) is 3.74.